The Hall–Kier alpha value is -1.04. The van der Waals surface area contributed by atoms with Crippen LogP contribution in [0.5, 0.6) is 0 Å². The van der Waals surface area contributed by atoms with Crippen molar-refractivity contribution >= 4 is 17.7 Å². The van der Waals surface area contributed by atoms with Gasteiger partial charge in [0.1, 0.15) is 0 Å². The maximum atomic E-state index is 11.7. The first-order valence-corrected chi connectivity index (χ1v) is 7.19. The number of aliphatic hydroxyl groups excluding tert-OH is 1. The summed E-state index contributed by atoms with van der Waals surface area (Å²) in [4.78, 5) is 11.7. The van der Waals surface area contributed by atoms with E-state index in [2.05, 4.69) is 5.32 Å². The number of carbonyl (C=O) groups excluding carboxylic acids is 1. The van der Waals surface area contributed by atoms with Crippen LogP contribution in [0.2, 0.25) is 0 Å². The summed E-state index contributed by atoms with van der Waals surface area (Å²) in [6.45, 7) is 1.36. The van der Waals surface area contributed by atoms with Crippen molar-refractivity contribution in [2.24, 2.45) is 5.73 Å². The molecule has 0 bridgehead atoms. The summed E-state index contributed by atoms with van der Waals surface area (Å²) in [7, 11) is 0. The number of rotatable bonds is 8. The first-order valence-electron chi connectivity index (χ1n) is 6.03. The first-order chi connectivity index (χ1) is 8.77. The highest BCUT2D eigenvalue weighted by Crippen LogP contribution is 2.04. The molecule has 0 aromatic heterocycles. The fourth-order valence-electron chi connectivity index (χ4n) is 1.40. The Balaban J connectivity index is 2.23. The molecule has 1 rings (SSSR count). The molecular formula is C13H20N2O2S. The number of aliphatic hydroxyl groups is 1. The zero-order chi connectivity index (χ0) is 13.2. The number of hydrogen-bond acceptors (Lipinski definition) is 4. The molecule has 0 saturated carbocycles. The van der Waals surface area contributed by atoms with Gasteiger partial charge >= 0.3 is 0 Å². The molecule has 0 radical (unpaired) electrons. The largest absolute Gasteiger partial charge is 0.396 e. The van der Waals surface area contributed by atoms with Crippen LogP contribution in [0.15, 0.2) is 24.3 Å². The van der Waals surface area contributed by atoms with Gasteiger partial charge in [0.05, 0.1) is 0 Å². The van der Waals surface area contributed by atoms with E-state index in [1.807, 2.05) is 12.1 Å². The number of nitrogens with two attached hydrogens (primary N) is 1. The lowest BCUT2D eigenvalue weighted by Crippen LogP contribution is -2.25. The molecular weight excluding hydrogens is 248 g/mol. The Bertz CT molecular complexity index is 355. The molecule has 0 saturated heterocycles. The lowest BCUT2D eigenvalue weighted by atomic mass is 10.1. The van der Waals surface area contributed by atoms with E-state index in [4.69, 9.17) is 10.8 Å². The third-order valence-corrected chi connectivity index (χ3v) is 3.50. The van der Waals surface area contributed by atoms with Gasteiger partial charge in [-0.15, -0.1) is 0 Å². The Morgan fingerprint density at radius 1 is 1.28 bits per heavy atom. The highest BCUT2D eigenvalue weighted by atomic mass is 32.2. The average molecular weight is 268 g/mol. The highest BCUT2D eigenvalue weighted by molar-refractivity contribution is 7.99. The lowest BCUT2D eigenvalue weighted by Gasteiger charge is -2.05. The van der Waals surface area contributed by atoms with Gasteiger partial charge in [-0.25, -0.2) is 0 Å². The van der Waals surface area contributed by atoms with Crippen molar-refractivity contribution in [3.8, 4) is 0 Å². The molecule has 1 amide bonds. The minimum absolute atomic E-state index is 0.0543. The van der Waals surface area contributed by atoms with Crippen molar-refractivity contribution in [3.63, 3.8) is 0 Å². The van der Waals surface area contributed by atoms with Gasteiger partial charge in [-0.3, -0.25) is 4.79 Å². The van der Waals surface area contributed by atoms with Crippen LogP contribution in [-0.4, -0.2) is 35.7 Å². The lowest BCUT2D eigenvalue weighted by molar-refractivity contribution is 0.0956. The molecule has 0 fully saturated rings. The first kappa shape index (κ1) is 15.0. The number of hydrogen-bond donors (Lipinski definition) is 3. The van der Waals surface area contributed by atoms with E-state index in [1.54, 1.807) is 23.9 Å². The van der Waals surface area contributed by atoms with E-state index < -0.39 is 0 Å². The standard InChI is InChI=1S/C13H20N2O2S/c14-10-11-2-4-12(5-3-11)13(17)15-6-9-18-8-1-7-16/h2-5,16H,1,6-10,14H2,(H,15,17). The van der Waals surface area contributed by atoms with Crippen LogP contribution in [0.25, 0.3) is 0 Å². The van der Waals surface area contributed by atoms with E-state index >= 15 is 0 Å². The summed E-state index contributed by atoms with van der Waals surface area (Å²) in [6, 6.07) is 7.31. The van der Waals surface area contributed by atoms with E-state index in [1.165, 1.54) is 0 Å². The van der Waals surface area contributed by atoms with E-state index in [0.29, 0.717) is 18.7 Å². The number of thioether (sulfide) groups is 1. The maximum Gasteiger partial charge on any atom is 0.251 e. The topological polar surface area (TPSA) is 75.4 Å². The molecule has 18 heavy (non-hydrogen) atoms. The van der Waals surface area contributed by atoms with Gasteiger partial charge in [0.15, 0.2) is 0 Å². The molecule has 0 atom stereocenters. The molecule has 0 aliphatic carbocycles. The van der Waals surface area contributed by atoms with Crippen LogP contribution in [0, 0.1) is 0 Å². The summed E-state index contributed by atoms with van der Waals surface area (Å²) in [6.07, 6.45) is 0.805. The van der Waals surface area contributed by atoms with Crippen molar-refractivity contribution < 1.29 is 9.90 Å². The predicted octanol–water partition coefficient (Wildman–Crippen LogP) is 0.991. The fourth-order valence-corrected chi connectivity index (χ4v) is 2.18. The van der Waals surface area contributed by atoms with Crippen LogP contribution < -0.4 is 11.1 Å². The van der Waals surface area contributed by atoms with Crippen molar-refractivity contribution in [1.82, 2.24) is 5.32 Å². The molecule has 4 nitrogen and oxygen atoms in total. The second kappa shape index (κ2) is 8.97. The minimum Gasteiger partial charge on any atom is -0.396 e. The van der Waals surface area contributed by atoms with Gasteiger partial charge < -0.3 is 16.2 Å². The number of benzene rings is 1. The Kier molecular flexibility index (Phi) is 7.48. The summed E-state index contributed by atoms with van der Waals surface area (Å²) < 4.78 is 0. The third-order valence-electron chi connectivity index (χ3n) is 2.43. The number of carbonyl (C=O) groups is 1. The summed E-state index contributed by atoms with van der Waals surface area (Å²) >= 11 is 1.73. The van der Waals surface area contributed by atoms with Crippen LogP contribution in [0.4, 0.5) is 0 Å². The predicted molar refractivity (Wildman–Crippen MR) is 75.7 cm³/mol. The van der Waals surface area contributed by atoms with Crippen LogP contribution in [-0.2, 0) is 6.54 Å². The zero-order valence-electron chi connectivity index (χ0n) is 10.4. The van der Waals surface area contributed by atoms with Crippen LogP contribution in [0.3, 0.4) is 0 Å². The monoisotopic (exact) mass is 268 g/mol. The molecule has 0 aliphatic heterocycles. The Morgan fingerprint density at radius 2 is 2.00 bits per heavy atom. The van der Waals surface area contributed by atoms with Crippen molar-refractivity contribution in [3.05, 3.63) is 35.4 Å². The van der Waals surface area contributed by atoms with E-state index in [0.717, 1.165) is 23.5 Å². The molecule has 100 valence electrons. The van der Waals surface area contributed by atoms with Gasteiger partial charge in [-0.2, -0.15) is 11.8 Å². The third kappa shape index (κ3) is 5.53. The quantitative estimate of drug-likeness (QED) is 0.615. The zero-order valence-corrected chi connectivity index (χ0v) is 11.2. The van der Waals surface area contributed by atoms with Crippen LogP contribution in [0.1, 0.15) is 22.3 Å². The molecule has 1 aromatic carbocycles. The normalized spacial score (nSPS) is 10.3. The molecule has 0 spiro atoms. The number of nitrogens with one attached hydrogen (secondary N) is 1. The molecule has 0 aliphatic rings. The van der Waals surface area contributed by atoms with E-state index in [-0.39, 0.29) is 12.5 Å². The Morgan fingerprint density at radius 3 is 2.61 bits per heavy atom. The van der Waals surface area contributed by atoms with Crippen molar-refractivity contribution in [2.75, 3.05) is 24.7 Å². The van der Waals surface area contributed by atoms with Crippen molar-refractivity contribution in [2.45, 2.75) is 13.0 Å². The molecule has 0 unspecified atom stereocenters. The van der Waals surface area contributed by atoms with Gasteiger partial charge in [0, 0.05) is 31.0 Å². The SMILES string of the molecule is NCc1ccc(C(=O)NCCSCCCO)cc1. The van der Waals surface area contributed by atoms with Gasteiger partial charge in [0.2, 0.25) is 0 Å². The second-order valence-electron chi connectivity index (χ2n) is 3.85. The fraction of sp³-hybridized carbons (Fsp3) is 0.462. The molecule has 5 heteroatoms. The average Bonchev–Trinajstić information content (AvgIpc) is 2.42. The number of amides is 1. The summed E-state index contributed by atoms with van der Waals surface area (Å²) in [5.41, 5.74) is 7.17. The summed E-state index contributed by atoms with van der Waals surface area (Å²) in [5, 5.41) is 11.5. The maximum absolute atomic E-state index is 11.7. The van der Waals surface area contributed by atoms with Gasteiger partial charge in [-0.05, 0) is 29.9 Å². The van der Waals surface area contributed by atoms with Crippen molar-refractivity contribution in [1.29, 1.82) is 0 Å². The Labute approximate surface area is 112 Å². The van der Waals surface area contributed by atoms with Gasteiger partial charge in [0.25, 0.3) is 5.91 Å². The smallest absolute Gasteiger partial charge is 0.251 e. The highest BCUT2D eigenvalue weighted by Gasteiger charge is 2.03. The minimum atomic E-state index is -0.0543. The molecule has 0 heterocycles. The van der Waals surface area contributed by atoms with Gasteiger partial charge in [-0.1, -0.05) is 12.1 Å². The summed E-state index contributed by atoms with van der Waals surface area (Å²) in [5.74, 6) is 1.74. The second-order valence-corrected chi connectivity index (χ2v) is 5.07. The van der Waals surface area contributed by atoms with Crippen LogP contribution >= 0.6 is 11.8 Å². The van der Waals surface area contributed by atoms with E-state index in [9.17, 15) is 4.79 Å². The molecule has 1 aromatic rings. The molecule has 4 N–H and O–H groups in total.